The number of hydrogen-bond donors (Lipinski definition) is 0. The topological polar surface area (TPSA) is 65.1 Å². The van der Waals surface area contributed by atoms with Crippen molar-refractivity contribution in [2.45, 2.75) is 6.61 Å². The first-order valence-corrected chi connectivity index (χ1v) is 11.7. The van der Waals surface area contributed by atoms with E-state index in [1.54, 1.807) is 31.4 Å². The molecule has 0 N–H and O–H groups in total. The molecule has 3 aromatic rings. The number of hydrogen-bond acceptors (Lipinski definition) is 6. The van der Waals surface area contributed by atoms with Gasteiger partial charge in [-0.15, -0.1) is 0 Å². The third-order valence-corrected chi connectivity index (χ3v) is 6.34. The monoisotopic (exact) mass is 495 g/mol. The standard InChI is InChI=1S/C26H22ClNO5S/c1-31-22-12-6-7-13-23(22)32-15-14-28-25(29)24(34-26(28)30)16-18-8-3-5-11-21(18)33-17-19-9-2-4-10-20(19)27/h2-13,16H,14-15,17H2,1H3/b24-16-. The smallest absolute Gasteiger partial charge is 0.293 e. The predicted molar refractivity (Wildman–Crippen MR) is 133 cm³/mol. The number of benzene rings is 3. The van der Waals surface area contributed by atoms with Crippen LogP contribution in [0.15, 0.2) is 77.7 Å². The van der Waals surface area contributed by atoms with Crippen LogP contribution in [0.25, 0.3) is 6.08 Å². The summed E-state index contributed by atoms with van der Waals surface area (Å²) in [4.78, 5) is 26.9. The molecule has 0 aromatic heterocycles. The minimum Gasteiger partial charge on any atom is -0.493 e. The van der Waals surface area contributed by atoms with Crippen LogP contribution in [0.4, 0.5) is 4.79 Å². The molecule has 0 spiro atoms. The van der Waals surface area contributed by atoms with Crippen molar-refractivity contribution >= 4 is 40.6 Å². The second-order valence-electron chi connectivity index (χ2n) is 7.25. The Morgan fingerprint density at radius 2 is 1.56 bits per heavy atom. The molecule has 6 nitrogen and oxygen atoms in total. The molecule has 0 saturated carbocycles. The lowest BCUT2D eigenvalue weighted by Crippen LogP contribution is -2.32. The molecule has 0 atom stereocenters. The number of thioether (sulfide) groups is 1. The molecule has 1 aliphatic heterocycles. The van der Waals surface area contributed by atoms with Crippen LogP contribution in [0.1, 0.15) is 11.1 Å². The number of ether oxygens (including phenoxy) is 3. The number of amides is 2. The van der Waals surface area contributed by atoms with E-state index in [9.17, 15) is 9.59 Å². The molecule has 0 radical (unpaired) electrons. The molecule has 174 valence electrons. The van der Waals surface area contributed by atoms with Crippen LogP contribution in [0.3, 0.4) is 0 Å². The van der Waals surface area contributed by atoms with Gasteiger partial charge in [-0.1, -0.05) is 60.1 Å². The Bertz CT molecular complexity index is 1230. The first-order valence-electron chi connectivity index (χ1n) is 10.5. The van der Waals surface area contributed by atoms with Crippen molar-refractivity contribution in [1.82, 2.24) is 4.90 Å². The van der Waals surface area contributed by atoms with E-state index in [0.29, 0.717) is 32.7 Å². The van der Waals surface area contributed by atoms with Crippen LogP contribution in [0.2, 0.25) is 5.02 Å². The molecule has 0 aliphatic carbocycles. The summed E-state index contributed by atoms with van der Waals surface area (Å²) in [6.07, 6.45) is 1.67. The summed E-state index contributed by atoms with van der Waals surface area (Å²) < 4.78 is 16.9. The van der Waals surface area contributed by atoms with Crippen molar-refractivity contribution in [3.05, 3.63) is 93.9 Å². The third kappa shape index (κ3) is 5.55. The highest BCUT2D eigenvalue weighted by Crippen LogP contribution is 2.34. The first-order chi connectivity index (χ1) is 16.6. The van der Waals surface area contributed by atoms with Crippen molar-refractivity contribution in [2.75, 3.05) is 20.3 Å². The number of carbonyl (C=O) groups excluding carboxylic acids is 2. The molecule has 1 saturated heterocycles. The third-order valence-electron chi connectivity index (χ3n) is 5.06. The summed E-state index contributed by atoms with van der Waals surface area (Å²) >= 11 is 7.11. The molecule has 0 unspecified atom stereocenters. The lowest BCUT2D eigenvalue weighted by atomic mass is 10.1. The average molecular weight is 496 g/mol. The SMILES string of the molecule is COc1ccccc1OCCN1C(=O)S/C(=C\c2ccccc2OCc2ccccc2Cl)C1=O. The molecule has 1 fully saturated rings. The zero-order valence-electron chi connectivity index (χ0n) is 18.4. The van der Waals surface area contributed by atoms with Gasteiger partial charge in [-0.05, 0) is 42.1 Å². The number of nitrogens with zero attached hydrogens (tertiary/aromatic N) is 1. The highest BCUT2D eigenvalue weighted by molar-refractivity contribution is 8.18. The van der Waals surface area contributed by atoms with Crippen molar-refractivity contribution in [1.29, 1.82) is 0 Å². The summed E-state index contributed by atoms with van der Waals surface area (Å²) in [5, 5.41) is 0.283. The van der Waals surface area contributed by atoms with E-state index in [2.05, 4.69) is 0 Å². The van der Waals surface area contributed by atoms with E-state index in [-0.39, 0.29) is 30.9 Å². The van der Waals surface area contributed by atoms with Crippen LogP contribution in [0.5, 0.6) is 17.2 Å². The fraction of sp³-hybridized carbons (Fsp3) is 0.154. The summed E-state index contributed by atoms with van der Waals surface area (Å²) in [5.74, 6) is 1.37. The molecular formula is C26H22ClNO5S. The zero-order chi connectivity index (χ0) is 23.9. The molecule has 34 heavy (non-hydrogen) atoms. The van der Waals surface area contributed by atoms with Gasteiger partial charge in [0, 0.05) is 16.1 Å². The fourth-order valence-electron chi connectivity index (χ4n) is 3.32. The average Bonchev–Trinajstić information content (AvgIpc) is 3.12. The van der Waals surface area contributed by atoms with Crippen molar-refractivity contribution < 1.29 is 23.8 Å². The van der Waals surface area contributed by atoms with E-state index in [4.69, 9.17) is 25.8 Å². The number of carbonyl (C=O) groups is 2. The van der Waals surface area contributed by atoms with Gasteiger partial charge in [-0.25, -0.2) is 0 Å². The maximum absolute atomic E-state index is 12.9. The van der Waals surface area contributed by atoms with Gasteiger partial charge in [0.15, 0.2) is 11.5 Å². The van der Waals surface area contributed by atoms with Crippen LogP contribution in [-0.2, 0) is 11.4 Å². The van der Waals surface area contributed by atoms with Crippen molar-refractivity contribution in [3.8, 4) is 17.2 Å². The zero-order valence-corrected chi connectivity index (χ0v) is 20.0. The summed E-state index contributed by atoms with van der Waals surface area (Å²) in [6.45, 7) is 0.570. The van der Waals surface area contributed by atoms with E-state index >= 15 is 0 Å². The highest BCUT2D eigenvalue weighted by Gasteiger charge is 2.35. The number of rotatable bonds is 9. The van der Waals surface area contributed by atoms with E-state index in [1.165, 1.54) is 4.90 Å². The first kappa shape index (κ1) is 23.7. The molecule has 4 rings (SSSR count). The van der Waals surface area contributed by atoms with Crippen molar-refractivity contribution in [2.24, 2.45) is 0 Å². The van der Waals surface area contributed by atoms with Gasteiger partial charge in [-0.2, -0.15) is 0 Å². The number of para-hydroxylation sites is 3. The maximum atomic E-state index is 12.9. The van der Waals surface area contributed by atoms with Gasteiger partial charge in [0.05, 0.1) is 18.6 Å². The number of imide groups is 1. The second kappa shape index (κ2) is 11.1. The van der Waals surface area contributed by atoms with Crippen LogP contribution >= 0.6 is 23.4 Å². The summed E-state index contributed by atoms with van der Waals surface area (Å²) in [5.41, 5.74) is 1.56. The van der Waals surface area contributed by atoms with Gasteiger partial charge >= 0.3 is 0 Å². The van der Waals surface area contributed by atoms with Crippen LogP contribution in [-0.4, -0.2) is 36.3 Å². The van der Waals surface area contributed by atoms with Gasteiger partial charge in [0.2, 0.25) is 0 Å². The van der Waals surface area contributed by atoms with E-state index < -0.39 is 0 Å². The molecule has 0 bridgehead atoms. The minimum atomic E-state index is -0.362. The second-order valence-corrected chi connectivity index (χ2v) is 8.65. The molecule has 1 aliphatic rings. The Hall–Kier alpha value is -3.42. The number of halogens is 1. The quantitative estimate of drug-likeness (QED) is 0.337. The molecule has 2 amide bonds. The largest absolute Gasteiger partial charge is 0.493 e. The Balaban J connectivity index is 1.42. The van der Waals surface area contributed by atoms with E-state index in [0.717, 1.165) is 17.3 Å². The minimum absolute atomic E-state index is 0.130. The molecule has 1 heterocycles. The highest BCUT2D eigenvalue weighted by atomic mass is 35.5. The Morgan fingerprint density at radius 3 is 2.32 bits per heavy atom. The van der Waals surface area contributed by atoms with Crippen LogP contribution in [0, 0.1) is 0 Å². The van der Waals surface area contributed by atoms with Gasteiger partial charge in [0.1, 0.15) is 19.0 Å². The van der Waals surface area contributed by atoms with Crippen molar-refractivity contribution in [3.63, 3.8) is 0 Å². The normalized spacial score (nSPS) is 14.5. The van der Waals surface area contributed by atoms with Gasteiger partial charge in [-0.3, -0.25) is 14.5 Å². The van der Waals surface area contributed by atoms with Gasteiger partial charge < -0.3 is 14.2 Å². The molecule has 8 heteroatoms. The molecular weight excluding hydrogens is 474 g/mol. The fourth-order valence-corrected chi connectivity index (χ4v) is 4.37. The lowest BCUT2D eigenvalue weighted by molar-refractivity contribution is -0.123. The summed E-state index contributed by atoms with van der Waals surface area (Å²) in [6, 6.07) is 22.0. The maximum Gasteiger partial charge on any atom is 0.293 e. The predicted octanol–water partition coefficient (Wildman–Crippen LogP) is 6.04. The summed E-state index contributed by atoms with van der Waals surface area (Å²) in [7, 11) is 1.55. The van der Waals surface area contributed by atoms with Gasteiger partial charge in [0.25, 0.3) is 11.1 Å². The van der Waals surface area contributed by atoms with Crippen LogP contribution < -0.4 is 14.2 Å². The number of methoxy groups -OCH3 is 1. The van der Waals surface area contributed by atoms with E-state index in [1.807, 2.05) is 54.6 Å². The Morgan fingerprint density at radius 1 is 0.882 bits per heavy atom. The Labute approximate surface area is 207 Å². The Kier molecular flexibility index (Phi) is 7.77. The lowest BCUT2D eigenvalue weighted by Gasteiger charge is -2.14. The molecule has 3 aromatic carbocycles.